The van der Waals surface area contributed by atoms with E-state index in [2.05, 4.69) is 5.32 Å². The van der Waals surface area contributed by atoms with E-state index in [-0.39, 0.29) is 18.0 Å². The lowest BCUT2D eigenvalue weighted by molar-refractivity contribution is 0.365. The largest absolute Gasteiger partial charge is 0.504 e. The number of rotatable bonds is 5. The van der Waals surface area contributed by atoms with E-state index >= 15 is 0 Å². The molecule has 0 aromatic heterocycles. The van der Waals surface area contributed by atoms with Gasteiger partial charge < -0.3 is 30.1 Å². The van der Waals surface area contributed by atoms with Gasteiger partial charge >= 0.3 is 0 Å². The van der Waals surface area contributed by atoms with Crippen LogP contribution in [-0.4, -0.2) is 29.5 Å². The van der Waals surface area contributed by atoms with Gasteiger partial charge in [-0.2, -0.15) is 0 Å². The normalized spacial score (nSPS) is 10.2. The van der Waals surface area contributed by atoms with Crippen LogP contribution in [0.5, 0.6) is 28.7 Å². The molecule has 0 spiro atoms. The van der Waals surface area contributed by atoms with E-state index in [1.54, 1.807) is 32.4 Å². The van der Waals surface area contributed by atoms with Crippen molar-refractivity contribution in [2.24, 2.45) is 0 Å². The molecular formula is C15H17NO5. The highest BCUT2D eigenvalue weighted by atomic mass is 16.5. The molecule has 0 unspecified atom stereocenters. The first-order valence-corrected chi connectivity index (χ1v) is 6.25. The zero-order chi connectivity index (χ0) is 15.4. The van der Waals surface area contributed by atoms with Crippen LogP contribution in [-0.2, 0) is 6.54 Å². The Morgan fingerprint density at radius 3 is 2.10 bits per heavy atom. The Morgan fingerprint density at radius 1 is 0.905 bits per heavy atom. The van der Waals surface area contributed by atoms with Crippen LogP contribution in [0, 0.1) is 0 Å². The average Bonchev–Trinajstić information content (AvgIpc) is 2.51. The van der Waals surface area contributed by atoms with Gasteiger partial charge in [-0.25, -0.2) is 0 Å². The third-order valence-corrected chi connectivity index (χ3v) is 3.05. The van der Waals surface area contributed by atoms with Crippen LogP contribution >= 0.6 is 0 Å². The number of anilines is 1. The van der Waals surface area contributed by atoms with Gasteiger partial charge in [0.15, 0.2) is 11.5 Å². The number of benzene rings is 2. The van der Waals surface area contributed by atoms with Crippen LogP contribution in [0.25, 0.3) is 0 Å². The van der Waals surface area contributed by atoms with Gasteiger partial charge in [-0.05, 0) is 12.1 Å². The van der Waals surface area contributed by atoms with Gasteiger partial charge in [0.05, 0.1) is 14.2 Å². The number of ether oxygens (including phenoxy) is 2. The van der Waals surface area contributed by atoms with E-state index in [0.29, 0.717) is 17.1 Å². The molecule has 0 aliphatic heterocycles. The predicted molar refractivity (Wildman–Crippen MR) is 78.3 cm³/mol. The summed E-state index contributed by atoms with van der Waals surface area (Å²) < 4.78 is 10.3. The smallest absolute Gasteiger partial charge is 0.200 e. The molecule has 0 fully saturated rings. The highest BCUT2D eigenvalue weighted by molar-refractivity contribution is 5.57. The summed E-state index contributed by atoms with van der Waals surface area (Å²) in [5, 5.41) is 31.6. The molecule has 6 nitrogen and oxygen atoms in total. The maximum absolute atomic E-state index is 9.76. The van der Waals surface area contributed by atoms with Gasteiger partial charge in [0.25, 0.3) is 0 Å². The molecule has 0 atom stereocenters. The molecule has 4 N–H and O–H groups in total. The van der Waals surface area contributed by atoms with E-state index in [0.717, 1.165) is 5.69 Å². The van der Waals surface area contributed by atoms with Gasteiger partial charge in [-0.1, -0.05) is 0 Å². The lowest BCUT2D eigenvalue weighted by atomic mass is 10.1. The van der Waals surface area contributed by atoms with Crippen molar-refractivity contribution >= 4 is 5.69 Å². The lowest BCUT2D eigenvalue weighted by Crippen LogP contribution is -2.00. The second-order valence-electron chi connectivity index (χ2n) is 4.40. The summed E-state index contributed by atoms with van der Waals surface area (Å²) in [6.07, 6.45) is 0. The Kier molecular flexibility index (Phi) is 4.27. The quantitative estimate of drug-likeness (QED) is 0.632. The molecule has 0 bridgehead atoms. The van der Waals surface area contributed by atoms with E-state index < -0.39 is 5.75 Å². The van der Waals surface area contributed by atoms with Gasteiger partial charge in [-0.15, -0.1) is 0 Å². The highest BCUT2D eigenvalue weighted by Crippen LogP contribution is 2.37. The molecule has 112 valence electrons. The van der Waals surface area contributed by atoms with Gasteiger partial charge in [0, 0.05) is 36.0 Å². The number of phenols is 3. The van der Waals surface area contributed by atoms with E-state index in [4.69, 9.17) is 9.47 Å². The van der Waals surface area contributed by atoms with Crippen molar-refractivity contribution in [1.82, 2.24) is 0 Å². The first kappa shape index (κ1) is 14.6. The van der Waals surface area contributed by atoms with Crippen molar-refractivity contribution in [3.05, 3.63) is 35.9 Å². The highest BCUT2D eigenvalue weighted by Gasteiger charge is 2.11. The molecule has 21 heavy (non-hydrogen) atoms. The molecule has 0 saturated carbocycles. The fourth-order valence-electron chi connectivity index (χ4n) is 1.86. The fourth-order valence-corrected chi connectivity index (χ4v) is 1.86. The summed E-state index contributed by atoms with van der Waals surface area (Å²) in [4.78, 5) is 0. The van der Waals surface area contributed by atoms with Gasteiger partial charge in [0.2, 0.25) is 5.75 Å². The van der Waals surface area contributed by atoms with Crippen LogP contribution < -0.4 is 14.8 Å². The lowest BCUT2D eigenvalue weighted by Gasteiger charge is -2.12. The summed E-state index contributed by atoms with van der Waals surface area (Å²) in [6.45, 7) is 0.260. The molecule has 2 aromatic carbocycles. The average molecular weight is 291 g/mol. The van der Waals surface area contributed by atoms with Crippen LogP contribution in [0.15, 0.2) is 30.3 Å². The molecule has 0 radical (unpaired) electrons. The van der Waals surface area contributed by atoms with Crippen molar-refractivity contribution < 1.29 is 24.8 Å². The Bertz CT molecular complexity index is 620. The standard InChI is InChI=1S/C15H17NO5/c1-20-11-5-10(6-12(7-11)21-2)16-8-9-3-4-13(17)15(19)14(9)18/h3-7,16-19H,8H2,1-2H3. The number of nitrogens with one attached hydrogen (secondary N) is 1. The van der Waals surface area contributed by atoms with E-state index in [1.165, 1.54) is 12.1 Å². The number of aromatic hydroxyl groups is 3. The molecule has 0 aliphatic rings. The molecule has 0 aliphatic carbocycles. The first-order chi connectivity index (χ1) is 10.0. The van der Waals surface area contributed by atoms with Crippen molar-refractivity contribution in [3.63, 3.8) is 0 Å². The molecular weight excluding hydrogens is 274 g/mol. The van der Waals surface area contributed by atoms with E-state index in [1.807, 2.05) is 0 Å². The molecule has 2 rings (SSSR count). The maximum Gasteiger partial charge on any atom is 0.200 e. The van der Waals surface area contributed by atoms with Gasteiger partial charge in [0.1, 0.15) is 11.5 Å². The summed E-state index contributed by atoms with van der Waals surface area (Å²) in [5.74, 6) is 0.0263. The molecule has 6 heteroatoms. The second kappa shape index (κ2) is 6.13. The molecule has 0 saturated heterocycles. The van der Waals surface area contributed by atoms with E-state index in [9.17, 15) is 15.3 Å². The van der Waals surface area contributed by atoms with Crippen molar-refractivity contribution in [3.8, 4) is 28.7 Å². The summed E-state index contributed by atoms with van der Waals surface area (Å²) in [7, 11) is 3.12. The monoisotopic (exact) mass is 291 g/mol. The number of phenolic OH excluding ortho intramolecular Hbond substituents is 3. The summed E-state index contributed by atoms with van der Waals surface area (Å²) in [6, 6.07) is 8.14. The zero-order valence-corrected chi connectivity index (χ0v) is 11.8. The Morgan fingerprint density at radius 2 is 1.52 bits per heavy atom. The SMILES string of the molecule is COc1cc(NCc2ccc(O)c(O)c2O)cc(OC)c1. The minimum absolute atomic E-state index is 0.260. The van der Waals surface area contributed by atoms with Crippen LogP contribution in [0.1, 0.15) is 5.56 Å². The molecule has 0 amide bonds. The Labute approximate surface area is 122 Å². The second-order valence-corrected chi connectivity index (χ2v) is 4.40. The number of methoxy groups -OCH3 is 2. The minimum atomic E-state index is -0.530. The topological polar surface area (TPSA) is 91.2 Å². The number of hydrogen-bond acceptors (Lipinski definition) is 6. The van der Waals surface area contributed by atoms with Crippen molar-refractivity contribution in [2.45, 2.75) is 6.54 Å². The minimum Gasteiger partial charge on any atom is -0.504 e. The van der Waals surface area contributed by atoms with Gasteiger partial charge in [-0.3, -0.25) is 0 Å². The summed E-state index contributed by atoms with van der Waals surface area (Å²) >= 11 is 0. The molecule has 0 heterocycles. The Hall–Kier alpha value is -2.76. The number of hydrogen-bond donors (Lipinski definition) is 4. The molecule has 2 aromatic rings. The third-order valence-electron chi connectivity index (χ3n) is 3.05. The summed E-state index contributed by atoms with van der Waals surface area (Å²) in [5.41, 5.74) is 1.19. The van der Waals surface area contributed by atoms with Crippen molar-refractivity contribution in [2.75, 3.05) is 19.5 Å². The van der Waals surface area contributed by atoms with Crippen LogP contribution in [0.3, 0.4) is 0 Å². The first-order valence-electron chi connectivity index (χ1n) is 6.25. The predicted octanol–water partition coefficient (Wildman–Crippen LogP) is 2.43. The van der Waals surface area contributed by atoms with Crippen LogP contribution in [0.2, 0.25) is 0 Å². The fraction of sp³-hybridized carbons (Fsp3) is 0.200. The maximum atomic E-state index is 9.76. The van der Waals surface area contributed by atoms with Crippen molar-refractivity contribution in [1.29, 1.82) is 0 Å². The van der Waals surface area contributed by atoms with Crippen LogP contribution in [0.4, 0.5) is 5.69 Å². The third kappa shape index (κ3) is 3.22. The Balaban J connectivity index is 2.18. The zero-order valence-electron chi connectivity index (χ0n) is 11.8.